The zero-order valence-corrected chi connectivity index (χ0v) is 11.6. The highest BCUT2D eigenvalue weighted by atomic mass is 79.9. The summed E-state index contributed by atoms with van der Waals surface area (Å²) in [4.78, 5) is 5.28. The van der Waals surface area contributed by atoms with E-state index in [9.17, 15) is 0 Å². The smallest absolute Gasteiger partial charge is 0.0794 e. The molecule has 1 N–H and O–H groups in total. The maximum absolute atomic E-state index is 4.35. The van der Waals surface area contributed by atoms with Gasteiger partial charge in [0.15, 0.2) is 0 Å². The van der Waals surface area contributed by atoms with Crippen LogP contribution in [0.2, 0.25) is 0 Å². The van der Waals surface area contributed by atoms with Crippen molar-refractivity contribution in [3.63, 3.8) is 0 Å². The van der Waals surface area contributed by atoms with Crippen LogP contribution in [-0.4, -0.2) is 14.8 Å². The van der Waals surface area contributed by atoms with E-state index >= 15 is 0 Å². The molecule has 0 aliphatic carbocycles. The van der Waals surface area contributed by atoms with Crippen LogP contribution in [-0.2, 0) is 20.1 Å². The molecule has 0 atom stereocenters. The SMILES string of the molecule is Cc1nn(C)c(CNCc2cncs2)c1Br. The molecule has 2 aromatic heterocycles. The van der Waals surface area contributed by atoms with Gasteiger partial charge in [-0.1, -0.05) is 0 Å². The number of nitrogens with one attached hydrogen (secondary N) is 1. The molecule has 0 spiro atoms. The highest BCUT2D eigenvalue weighted by molar-refractivity contribution is 9.10. The summed E-state index contributed by atoms with van der Waals surface area (Å²) < 4.78 is 2.99. The minimum Gasteiger partial charge on any atom is -0.306 e. The molecule has 16 heavy (non-hydrogen) atoms. The maximum Gasteiger partial charge on any atom is 0.0794 e. The van der Waals surface area contributed by atoms with Crippen LogP contribution in [0.5, 0.6) is 0 Å². The fourth-order valence-corrected chi connectivity index (χ4v) is 2.55. The number of rotatable bonds is 4. The summed E-state index contributed by atoms with van der Waals surface area (Å²) in [5, 5.41) is 7.72. The van der Waals surface area contributed by atoms with E-state index in [0.29, 0.717) is 0 Å². The Hall–Kier alpha value is -0.720. The van der Waals surface area contributed by atoms with E-state index < -0.39 is 0 Å². The number of thiazole rings is 1. The van der Waals surface area contributed by atoms with Gasteiger partial charge < -0.3 is 5.32 Å². The number of hydrogen-bond acceptors (Lipinski definition) is 4. The Morgan fingerprint density at radius 1 is 1.50 bits per heavy atom. The number of hydrogen-bond donors (Lipinski definition) is 1. The monoisotopic (exact) mass is 300 g/mol. The Morgan fingerprint density at radius 2 is 2.31 bits per heavy atom. The molecular weight excluding hydrogens is 288 g/mol. The summed E-state index contributed by atoms with van der Waals surface area (Å²) in [5.74, 6) is 0. The first-order valence-corrected chi connectivity index (χ1v) is 6.62. The van der Waals surface area contributed by atoms with Crippen LogP contribution < -0.4 is 5.32 Å². The molecule has 0 saturated heterocycles. The molecule has 0 aliphatic rings. The highest BCUT2D eigenvalue weighted by Crippen LogP contribution is 2.19. The third-order valence-corrected chi connectivity index (χ3v) is 4.15. The lowest BCUT2D eigenvalue weighted by molar-refractivity contribution is 0.626. The Labute approximate surface area is 107 Å². The first kappa shape index (κ1) is 11.8. The van der Waals surface area contributed by atoms with E-state index in [1.165, 1.54) is 10.6 Å². The molecular formula is C10H13BrN4S. The van der Waals surface area contributed by atoms with Gasteiger partial charge in [0.05, 0.1) is 21.4 Å². The van der Waals surface area contributed by atoms with E-state index in [-0.39, 0.29) is 0 Å². The van der Waals surface area contributed by atoms with Crippen LogP contribution in [0.3, 0.4) is 0 Å². The van der Waals surface area contributed by atoms with Gasteiger partial charge >= 0.3 is 0 Å². The molecule has 4 nitrogen and oxygen atoms in total. The van der Waals surface area contributed by atoms with Gasteiger partial charge in [-0.3, -0.25) is 9.67 Å². The van der Waals surface area contributed by atoms with Gasteiger partial charge in [0.1, 0.15) is 0 Å². The third kappa shape index (κ3) is 2.50. The van der Waals surface area contributed by atoms with Crippen LogP contribution in [0.15, 0.2) is 16.2 Å². The topological polar surface area (TPSA) is 42.7 Å². The summed E-state index contributed by atoms with van der Waals surface area (Å²) in [6.45, 7) is 3.65. The van der Waals surface area contributed by atoms with Crippen LogP contribution in [0, 0.1) is 6.92 Å². The Balaban J connectivity index is 1.95. The average Bonchev–Trinajstić information content (AvgIpc) is 2.82. The zero-order valence-electron chi connectivity index (χ0n) is 9.20. The minimum atomic E-state index is 0.801. The molecule has 86 valence electrons. The second-order valence-electron chi connectivity index (χ2n) is 3.54. The first-order valence-electron chi connectivity index (χ1n) is 4.94. The molecule has 2 rings (SSSR count). The molecule has 0 aliphatic heterocycles. The minimum absolute atomic E-state index is 0.801. The van der Waals surface area contributed by atoms with Crippen LogP contribution in [0.4, 0.5) is 0 Å². The van der Waals surface area contributed by atoms with Crippen molar-refractivity contribution in [3.05, 3.63) is 32.4 Å². The quantitative estimate of drug-likeness (QED) is 0.942. The van der Waals surface area contributed by atoms with Gasteiger partial charge in [0, 0.05) is 31.2 Å². The largest absolute Gasteiger partial charge is 0.306 e. The lowest BCUT2D eigenvalue weighted by atomic mass is 10.3. The van der Waals surface area contributed by atoms with E-state index in [2.05, 4.69) is 31.3 Å². The van der Waals surface area contributed by atoms with Gasteiger partial charge in [-0.05, 0) is 22.9 Å². The summed E-state index contributed by atoms with van der Waals surface area (Å²) in [6, 6.07) is 0. The molecule has 0 fully saturated rings. The summed E-state index contributed by atoms with van der Waals surface area (Å²) in [7, 11) is 1.96. The molecule has 0 saturated carbocycles. The predicted molar refractivity (Wildman–Crippen MR) is 68.3 cm³/mol. The Morgan fingerprint density at radius 3 is 2.88 bits per heavy atom. The van der Waals surface area contributed by atoms with Crippen molar-refractivity contribution < 1.29 is 0 Å². The van der Waals surface area contributed by atoms with Crippen LogP contribution in [0.25, 0.3) is 0 Å². The fraction of sp³-hybridized carbons (Fsp3) is 0.400. The molecule has 2 heterocycles. The van der Waals surface area contributed by atoms with Gasteiger partial charge in [0.25, 0.3) is 0 Å². The van der Waals surface area contributed by atoms with Gasteiger partial charge in [-0.25, -0.2) is 0 Å². The third-order valence-electron chi connectivity index (χ3n) is 2.34. The predicted octanol–water partition coefficient (Wildman–Crippen LogP) is 2.24. The summed E-state index contributed by atoms with van der Waals surface area (Å²) in [6.07, 6.45) is 1.89. The Kier molecular flexibility index (Phi) is 3.73. The normalized spacial score (nSPS) is 10.9. The molecule has 0 bridgehead atoms. The molecule has 0 radical (unpaired) electrons. The number of nitrogens with zero attached hydrogens (tertiary/aromatic N) is 3. The van der Waals surface area contributed by atoms with E-state index in [1.54, 1.807) is 11.3 Å². The van der Waals surface area contributed by atoms with Gasteiger partial charge in [-0.2, -0.15) is 5.10 Å². The number of aromatic nitrogens is 3. The fourth-order valence-electron chi connectivity index (χ4n) is 1.51. The van der Waals surface area contributed by atoms with E-state index in [1.807, 2.05) is 30.4 Å². The van der Waals surface area contributed by atoms with Crippen molar-refractivity contribution in [2.75, 3.05) is 0 Å². The molecule has 6 heteroatoms. The summed E-state index contributed by atoms with van der Waals surface area (Å²) >= 11 is 5.21. The molecule has 0 aromatic carbocycles. The zero-order chi connectivity index (χ0) is 11.5. The average molecular weight is 301 g/mol. The van der Waals surface area contributed by atoms with Gasteiger partial charge in [-0.15, -0.1) is 11.3 Å². The van der Waals surface area contributed by atoms with Crippen molar-refractivity contribution in [1.29, 1.82) is 0 Å². The number of halogens is 1. The Bertz CT molecular complexity index is 463. The standard InChI is InChI=1S/C10H13BrN4S/c1-7-10(11)9(15(2)14-7)5-12-3-8-4-13-6-16-8/h4,6,12H,3,5H2,1-2H3. The van der Waals surface area contributed by atoms with Crippen LogP contribution >= 0.6 is 27.3 Å². The lowest BCUT2D eigenvalue weighted by Crippen LogP contribution is -2.15. The van der Waals surface area contributed by atoms with Crippen molar-refractivity contribution in [3.8, 4) is 0 Å². The molecule has 2 aromatic rings. The molecule has 0 amide bonds. The van der Waals surface area contributed by atoms with Crippen molar-refractivity contribution >= 4 is 27.3 Å². The lowest BCUT2D eigenvalue weighted by Gasteiger charge is -2.04. The van der Waals surface area contributed by atoms with Crippen molar-refractivity contribution in [2.45, 2.75) is 20.0 Å². The van der Waals surface area contributed by atoms with Gasteiger partial charge in [0.2, 0.25) is 0 Å². The highest BCUT2D eigenvalue weighted by Gasteiger charge is 2.09. The maximum atomic E-state index is 4.35. The number of aryl methyl sites for hydroxylation is 2. The van der Waals surface area contributed by atoms with E-state index in [0.717, 1.165) is 23.3 Å². The van der Waals surface area contributed by atoms with Crippen LogP contribution in [0.1, 0.15) is 16.3 Å². The molecule has 0 unspecified atom stereocenters. The van der Waals surface area contributed by atoms with E-state index in [4.69, 9.17) is 0 Å². The summed E-state index contributed by atoms with van der Waals surface area (Å²) in [5.41, 5.74) is 4.04. The second kappa shape index (κ2) is 5.07. The second-order valence-corrected chi connectivity index (χ2v) is 5.30. The van der Waals surface area contributed by atoms with Crippen molar-refractivity contribution in [2.24, 2.45) is 7.05 Å². The van der Waals surface area contributed by atoms with Crippen molar-refractivity contribution in [1.82, 2.24) is 20.1 Å². The first-order chi connectivity index (χ1) is 7.68.